The second-order valence-electron chi connectivity index (χ2n) is 6.19. The number of likely N-dealkylation sites (N-methyl/N-ethyl adjacent to an activating group) is 1. The van der Waals surface area contributed by atoms with E-state index in [1.807, 2.05) is 0 Å². The lowest BCUT2D eigenvalue weighted by Crippen LogP contribution is -2.28. The van der Waals surface area contributed by atoms with Gasteiger partial charge in [0, 0.05) is 13.1 Å². The highest BCUT2D eigenvalue weighted by Gasteiger charge is 2.17. The number of esters is 1. The van der Waals surface area contributed by atoms with Crippen LogP contribution in [0.15, 0.2) is 59.5 Å². The first-order valence-corrected chi connectivity index (χ1v) is 9.94. The summed E-state index contributed by atoms with van der Waals surface area (Å²) in [6, 6.07) is 12.5. The number of carbonyl (C=O) groups is 2. The molecule has 28 heavy (non-hydrogen) atoms. The first-order chi connectivity index (χ1) is 13.1. The first kappa shape index (κ1) is 21.3. The Morgan fingerprint density at radius 2 is 1.79 bits per heavy atom. The molecule has 2 aromatic carbocycles. The van der Waals surface area contributed by atoms with Crippen molar-refractivity contribution in [2.45, 2.75) is 17.9 Å². The SMILES string of the molecule is COC(=O)c1ccc(/C=C/C(=O)N(C)C(C)c2cccc(S(N)(=O)=O)c2)cc1. The summed E-state index contributed by atoms with van der Waals surface area (Å²) in [6.45, 7) is 1.79. The average molecular weight is 402 g/mol. The molecule has 0 spiro atoms. The Bertz CT molecular complexity index is 998. The van der Waals surface area contributed by atoms with E-state index in [9.17, 15) is 18.0 Å². The van der Waals surface area contributed by atoms with Crippen LogP contribution in [0.2, 0.25) is 0 Å². The number of nitrogens with two attached hydrogens (primary N) is 1. The monoisotopic (exact) mass is 402 g/mol. The van der Waals surface area contributed by atoms with Crippen LogP contribution in [0.4, 0.5) is 0 Å². The smallest absolute Gasteiger partial charge is 0.337 e. The molecular weight excluding hydrogens is 380 g/mol. The molecule has 0 saturated carbocycles. The third-order valence-corrected chi connectivity index (χ3v) is 5.26. The van der Waals surface area contributed by atoms with Crippen molar-refractivity contribution >= 4 is 28.0 Å². The van der Waals surface area contributed by atoms with Gasteiger partial charge in [-0.15, -0.1) is 0 Å². The zero-order valence-electron chi connectivity index (χ0n) is 15.8. The van der Waals surface area contributed by atoms with Crippen LogP contribution in [0.25, 0.3) is 6.08 Å². The van der Waals surface area contributed by atoms with Gasteiger partial charge in [-0.25, -0.2) is 18.4 Å². The number of rotatable bonds is 6. The second kappa shape index (κ2) is 8.81. The Kier molecular flexibility index (Phi) is 6.71. The molecule has 1 amide bonds. The molecule has 0 radical (unpaired) electrons. The maximum absolute atomic E-state index is 12.5. The molecule has 0 aromatic heterocycles. The minimum Gasteiger partial charge on any atom is -0.465 e. The first-order valence-electron chi connectivity index (χ1n) is 8.39. The fraction of sp³-hybridized carbons (Fsp3) is 0.200. The van der Waals surface area contributed by atoms with Gasteiger partial charge in [0.15, 0.2) is 0 Å². The highest BCUT2D eigenvalue weighted by Crippen LogP contribution is 2.22. The van der Waals surface area contributed by atoms with E-state index in [1.165, 1.54) is 30.2 Å². The molecular formula is C20H22N2O5S. The van der Waals surface area contributed by atoms with Crippen LogP contribution < -0.4 is 5.14 Å². The molecule has 0 heterocycles. The van der Waals surface area contributed by atoms with Gasteiger partial charge in [-0.05, 0) is 48.4 Å². The minimum absolute atomic E-state index is 0.000984. The molecule has 0 aliphatic rings. The molecule has 2 N–H and O–H groups in total. The Morgan fingerprint density at radius 3 is 2.36 bits per heavy atom. The number of methoxy groups -OCH3 is 1. The van der Waals surface area contributed by atoms with E-state index in [0.29, 0.717) is 11.1 Å². The van der Waals surface area contributed by atoms with Crippen molar-refractivity contribution in [1.29, 1.82) is 0 Å². The van der Waals surface area contributed by atoms with Crippen molar-refractivity contribution < 1.29 is 22.7 Å². The maximum atomic E-state index is 12.5. The number of carbonyl (C=O) groups excluding carboxylic acids is 2. The Balaban J connectivity index is 2.11. The zero-order chi connectivity index (χ0) is 20.9. The molecule has 148 valence electrons. The summed E-state index contributed by atoms with van der Waals surface area (Å²) in [7, 11) is -0.877. The number of primary sulfonamides is 1. The summed E-state index contributed by atoms with van der Waals surface area (Å²) in [5.74, 6) is -0.688. The lowest BCUT2D eigenvalue weighted by Gasteiger charge is -2.24. The number of amides is 1. The minimum atomic E-state index is -3.81. The summed E-state index contributed by atoms with van der Waals surface area (Å²) in [6.07, 6.45) is 3.04. The zero-order valence-corrected chi connectivity index (χ0v) is 16.6. The standard InChI is InChI=1S/C20H22N2O5S/c1-14(17-5-4-6-18(13-17)28(21,25)26)22(2)19(23)12-9-15-7-10-16(11-8-15)20(24)27-3/h4-14H,1-3H3,(H2,21,25,26)/b12-9+. The van der Waals surface area contributed by atoms with Crippen LogP contribution in [-0.4, -0.2) is 39.4 Å². The van der Waals surface area contributed by atoms with Crippen LogP contribution >= 0.6 is 0 Å². The van der Waals surface area contributed by atoms with Crippen molar-refractivity contribution in [3.05, 3.63) is 71.3 Å². The third-order valence-electron chi connectivity index (χ3n) is 4.35. The lowest BCUT2D eigenvalue weighted by atomic mass is 10.1. The maximum Gasteiger partial charge on any atom is 0.337 e. The second-order valence-corrected chi connectivity index (χ2v) is 7.75. The quantitative estimate of drug-likeness (QED) is 0.590. The Labute approximate surface area is 164 Å². The Hall–Kier alpha value is -2.97. The molecule has 0 fully saturated rings. The van der Waals surface area contributed by atoms with E-state index in [4.69, 9.17) is 5.14 Å². The van der Waals surface area contributed by atoms with Crippen molar-refractivity contribution in [2.24, 2.45) is 5.14 Å². The molecule has 0 aliphatic carbocycles. The van der Waals surface area contributed by atoms with Gasteiger partial charge in [-0.1, -0.05) is 24.3 Å². The fourth-order valence-corrected chi connectivity index (χ4v) is 3.07. The molecule has 1 atom stereocenters. The molecule has 0 aliphatic heterocycles. The summed E-state index contributed by atoms with van der Waals surface area (Å²) in [5, 5.41) is 5.16. The number of nitrogens with zero attached hydrogens (tertiary/aromatic N) is 1. The van der Waals surface area contributed by atoms with Crippen molar-refractivity contribution in [1.82, 2.24) is 4.90 Å². The van der Waals surface area contributed by atoms with Gasteiger partial charge >= 0.3 is 5.97 Å². The third kappa shape index (κ3) is 5.28. The predicted octanol–water partition coefficient (Wildman–Crippen LogP) is 2.35. The van der Waals surface area contributed by atoms with Gasteiger partial charge in [0.1, 0.15) is 0 Å². The number of hydrogen-bond donors (Lipinski definition) is 1. The van der Waals surface area contributed by atoms with Crippen LogP contribution in [0.1, 0.15) is 34.5 Å². The van der Waals surface area contributed by atoms with Gasteiger partial charge < -0.3 is 9.64 Å². The normalized spacial score (nSPS) is 12.6. The molecule has 7 nitrogen and oxygen atoms in total. The van der Waals surface area contributed by atoms with Gasteiger partial charge in [0.2, 0.25) is 15.9 Å². The molecule has 1 unspecified atom stereocenters. The van der Waals surface area contributed by atoms with Crippen LogP contribution in [0.3, 0.4) is 0 Å². The molecule has 8 heteroatoms. The van der Waals surface area contributed by atoms with E-state index in [0.717, 1.165) is 5.56 Å². The van der Waals surface area contributed by atoms with E-state index in [-0.39, 0.29) is 16.8 Å². The van der Waals surface area contributed by atoms with Gasteiger partial charge in [0.25, 0.3) is 0 Å². The van der Waals surface area contributed by atoms with E-state index < -0.39 is 16.0 Å². The molecule has 0 saturated heterocycles. The highest BCUT2D eigenvalue weighted by molar-refractivity contribution is 7.89. The fourth-order valence-electron chi connectivity index (χ4n) is 2.50. The van der Waals surface area contributed by atoms with Crippen LogP contribution in [0.5, 0.6) is 0 Å². The van der Waals surface area contributed by atoms with Crippen molar-refractivity contribution in [2.75, 3.05) is 14.2 Å². The summed E-state index contributed by atoms with van der Waals surface area (Å²) >= 11 is 0. The average Bonchev–Trinajstić information content (AvgIpc) is 2.70. The number of sulfonamides is 1. The largest absolute Gasteiger partial charge is 0.465 e. The number of benzene rings is 2. The molecule has 0 bridgehead atoms. The topological polar surface area (TPSA) is 107 Å². The summed E-state index contributed by atoms with van der Waals surface area (Å²) in [4.78, 5) is 25.4. The van der Waals surface area contributed by atoms with E-state index >= 15 is 0 Å². The predicted molar refractivity (Wildman–Crippen MR) is 106 cm³/mol. The van der Waals surface area contributed by atoms with Crippen molar-refractivity contribution in [3.8, 4) is 0 Å². The van der Waals surface area contributed by atoms with Gasteiger partial charge in [-0.2, -0.15) is 0 Å². The van der Waals surface area contributed by atoms with E-state index in [1.54, 1.807) is 56.4 Å². The number of hydrogen-bond acceptors (Lipinski definition) is 5. The summed E-state index contributed by atoms with van der Waals surface area (Å²) in [5.41, 5.74) is 1.82. The van der Waals surface area contributed by atoms with Gasteiger partial charge in [0.05, 0.1) is 23.6 Å². The molecule has 2 aromatic rings. The highest BCUT2D eigenvalue weighted by atomic mass is 32.2. The Morgan fingerprint density at radius 1 is 1.14 bits per heavy atom. The van der Waals surface area contributed by atoms with Crippen LogP contribution in [0, 0.1) is 0 Å². The van der Waals surface area contributed by atoms with Gasteiger partial charge in [-0.3, -0.25) is 4.79 Å². The van der Waals surface area contributed by atoms with Crippen LogP contribution in [-0.2, 0) is 19.6 Å². The van der Waals surface area contributed by atoms with Crippen molar-refractivity contribution in [3.63, 3.8) is 0 Å². The van der Waals surface area contributed by atoms with E-state index in [2.05, 4.69) is 4.74 Å². The number of ether oxygens (including phenoxy) is 1. The summed E-state index contributed by atoms with van der Waals surface area (Å²) < 4.78 is 27.7. The molecule has 2 rings (SSSR count). The lowest BCUT2D eigenvalue weighted by molar-refractivity contribution is -0.126.